The first-order chi connectivity index (χ1) is 20.7. The number of rotatable bonds is 3. The van der Waals surface area contributed by atoms with E-state index in [2.05, 4.69) is 48.5 Å². The predicted molar refractivity (Wildman–Crippen MR) is 167 cm³/mol. The number of hydrogen-bond acceptors (Lipinski definition) is 4. The van der Waals surface area contributed by atoms with Crippen LogP contribution < -0.4 is 0 Å². The van der Waals surface area contributed by atoms with Crippen molar-refractivity contribution in [1.29, 1.82) is 10.5 Å². The summed E-state index contributed by atoms with van der Waals surface area (Å²) in [5, 5.41) is 24.1. The summed E-state index contributed by atoms with van der Waals surface area (Å²) in [6.45, 7) is 0. The molecule has 8 aromatic rings. The van der Waals surface area contributed by atoms with E-state index in [0.717, 1.165) is 77.3 Å². The molecule has 0 saturated heterocycles. The van der Waals surface area contributed by atoms with E-state index in [-0.39, 0.29) is 0 Å². The molecule has 2 aromatic heterocycles. The predicted octanol–water partition coefficient (Wildman–Crippen LogP) is 10.2. The Labute approximate surface area is 240 Å². The van der Waals surface area contributed by atoms with Crippen molar-refractivity contribution >= 4 is 43.9 Å². The molecule has 0 atom stereocenters. The van der Waals surface area contributed by atoms with Gasteiger partial charge in [0, 0.05) is 32.7 Å². The third-order valence-electron chi connectivity index (χ3n) is 7.98. The number of benzene rings is 6. The van der Waals surface area contributed by atoms with E-state index in [4.69, 9.17) is 8.83 Å². The highest BCUT2D eigenvalue weighted by Gasteiger charge is 2.21. The number of fused-ring (bicyclic) bond motifs is 6. The fourth-order valence-corrected chi connectivity index (χ4v) is 6.09. The fourth-order valence-electron chi connectivity index (χ4n) is 6.09. The van der Waals surface area contributed by atoms with Crippen molar-refractivity contribution in [2.24, 2.45) is 0 Å². The molecular formula is C38H20N2O2. The summed E-state index contributed by atoms with van der Waals surface area (Å²) < 4.78 is 12.4. The van der Waals surface area contributed by atoms with Gasteiger partial charge in [-0.3, -0.25) is 0 Å². The molecule has 0 radical (unpaired) electrons. The Morgan fingerprint density at radius 2 is 0.929 bits per heavy atom. The number of para-hydroxylation sites is 2. The van der Waals surface area contributed by atoms with Gasteiger partial charge in [0.1, 0.15) is 28.4 Å². The molecule has 6 aromatic carbocycles. The van der Waals surface area contributed by atoms with Crippen molar-refractivity contribution in [2.75, 3.05) is 0 Å². The summed E-state index contributed by atoms with van der Waals surface area (Å²) in [7, 11) is 0. The number of hydrogen-bond donors (Lipinski definition) is 0. The van der Waals surface area contributed by atoms with E-state index < -0.39 is 0 Å². The van der Waals surface area contributed by atoms with E-state index in [1.807, 2.05) is 84.9 Å². The largest absolute Gasteiger partial charge is 0.456 e. The van der Waals surface area contributed by atoms with Crippen LogP contribution in [0.2, 0.25) is 0 Å². The monoisotopic (exact) mass is 536 g/mol. The lowest BCUT2D eigenvalue weighted by molar-refractivity contribution is 0.668. The van der Waals surface area contributed by atoms with Gasteiger partial charge in [0.05, 0.1) is 17.2 Å². The summed E-state index contributed by atoms with van der Waals surface area (Å²) in [5.41, 5.74) is 9.69. The second-order valence-electron chi connectivity index (χ2n) is 10.3. The average molecular weight is 537 g/mol. The van der Waals surface area contributed by atoms with Crippen LogP contribution in [0.3, 0.4) is 0 Å². The maximum atomic E-state index is 10.8. The molecule has 0 aliphatic rings. The Balaban J connectivity index is 1.51. The summed E-state index contributed by atoms with van der Waals surface area (Å²) in [5.74, 6) is 0. The number of furan rings is 2. The van der Waals surface area contributed by atoms with Gasteiger partial charge in [-0.25, -0.2) is 0 Å². The van der Waals surface area contributed by atoms with Gasteiger partial charge in [-0.15, -0.1) is 0 Å². The highest BCUT2D eigenvalue weighted by atomic mass is 16.3. The molecule has 0 fully saturated rings. The summed E-state index contributed by atoms with van der Waals surface area (Å²) in [6.07, 6.45) is 0. The molecule has 4 nitrogen and oxygen atoms in total. The van der Waals surface area contributed by atoms with Gasteiger partial charge < -0.3 is 8.83 Å². The zero-order valence-electron chi connectivity index (χ0n) is 22.3. The smallest absolute Gasteiger partial charge is 0.136 e. The Kier molecular flexibility index (Phi) is 5.22. The second-order valence-corrected chi connectivity index (χ2v) is 10.3. The minimum absolute atomic E-state index is 0.572. The van der Waals surface area contributed by atoms with Gasteiger partial charge in [0.2, 0.25) is 0 Å². The zero-order valence-corrected chi connectivity index (χ0v) is 22.3. The van der Waals surface area contributed by atoms with Crippen LogP contribution in [0.1, 0.15) is 11.1 Å². The van der Waals surface area contributed by atoms with Crippen molar-refractivity contribution in [1.82, 2.24) is 0 Å². The Morgan fingerprint density at radius 3 is 1.43 bits per heavy atom. The molecule has 0 spiro atoms. The molecule has 0 aliphatic heterocycles. The molecule has 0 bridgehead atoms. The summed E-state index contributed by atoms with van der Waals surface area (Å²) >= 11 is 0. The summed E-state index contributed by atoms with van der Waals surface area (Å²) in [4.78, 5) is 0. The molecule has 0 N–H and O–H groups in total. The first-order valence-electron chi connectivity index (χ1n) is 13.6. The lowest BCUT2D eigenvalue weighted by atomic mass is 9.86. The third-order valence-corrected chi connectivity index (χ3v) is 7.98. The first-order valence-corrected chi connectivity index (χ1v) is 13.6. The maximum Gasteiger partial charge on any atom is 0.136 e. The molecule has 2 heterocycles. The van der Waals surface area contributed by atoms with Crippen LogP contribution in [0.15, 0.2) is 130 Å². The minimum Gasteiger partial charge on any atom is -0.456 e. The summed E-state index contributed by atoms with van der Waals surface area (Å²) in [6, 6.07) is 44.4. The number of nitrogens with zero attached hydrogens (tertiary/aromatic N) is 2. The third kappa shape index (κ3) is 3.53. The van der Waals surface area contributed by atoms with Crippen molar-refractivity contribution in [3.05, 3.63) is 132 Å². The quantitative estimate of drug-likeness (QED) is 0.225. The molecule has 0 saturated carbocycles. The van der Waals surface area contributed by atoms with Crippen LogP contribution in [0.25, 0.3) is 77.3 Å². The van der Waals surface area contributed by atoms with Gasteiger partial charge >= 0.3 is 0 Å². The van der Waals surface area contributed by atoms with Crippen LogP contribution in [-0.2, 0) is 0 Å². The van der Waals surface area contributed by atoms with Crippen LogP contribution in [0.4, 0.5) is 0 Å². The average Bonchev–Trinajstić information content (AvgIpc) is 3.63. The molecule has 42 heavy (non-hydrogen) atoms. The van der Waals surface area contributed by atoms with Crippen molar-refractivity contribution in [2.45, 2.75) is 0 Å². The van der Waals surface area contributed by atoms with Gasteiger partial charge in [0.15, 0.2) is 0 Å². The lowest BCUT2D eigenvalue weighted by Gasteiger charge is -2.16. The van der Waals surface area contributed by atoms with E-state index in [0.29, 0.717) is 11.1 Å². The van der Waals surface area contributed by atoms with E-state index in [9.17, 15) is 10.5 Å². The molecular weight excluding hydrogens is 516 g/mol. The fraction of sp³-hybridized carbons (Fsp3) is 0. The highest BCUT2D eigenvalue weighted by Crippen LogP contribution is 2.44. The zero-order chi connectivity index (χ0) is 28.2. The standard InChI is InChI=1S/C38H20N2O2/c39-21-23-15-17-24(18-16-23)25-19-30(26-9-5-13-35-37(26)28-7-1-3-11-33(28)41-35)32(22-40)31(20-25)27-10-6-14-36-38(27)29-8-2-4-12-34(29)42-36/h1-20H. The molecule has 0 amide bonds. The molecule has 194 valence electrons. The van der Waals surface area contributed by atoms with Gasteiger partial charge in [-0.1, -0.05) is 72.8 Å². The SMILES string of the molecule is N#Cc1ccc(-c2cc(-c3cccc4oc5ccccc5c34)c(C#N)c(-c3cccc4oc5ccccc5c34)c2)cc1. The lowest BCUT2D eigenvalue weighted by Crippen LogP contribution is -1.94. The normalized spacial score (nSPS) is 11.3. The molecule has 4 heteroatoms. The molecule has 8 rings (SSSR count). The van der Waals surface area contributed by atoms with Gasteiger partial charge in [0.25, 0.3) is 0 Å². The van der Waals surface area contributed by atoms with Crippen molar-refractivity contribution < 1.29 is 8.83 Å². The van der Waals surface area contributed by atoms with E-state index >= 15 is 0 Å². The minimum atomic E-state index is 0.572. The number of nitriles is 2. The highest BCUT2D eigenvalue weighted by molar-refractivity contribution is 6.16. The molecule has 0 unspecified atom stereocenters. The van der Waals surface area contributed by atoms with Gasteiger partial charge in [-0.2, -0.15) is 10.5 Å². The Bertz CT molecular complexity index is 2290. The van der Waals surface area contributed by atoms with E-state index in [1.165, 1.54) is 0 Å². The van der Waals surface area contributed by atoms with Crippen molar-refractivity contribution in [3.63, 3.8) is 0 Å². The first kappa shape index (κ1) is 23.8. The second kappa shape index (κ2) is 9.24. The van der Waals surface area contributed by atoms with Crippen LogP contribution in [0, 0.1) is 22.7 Å². The van der Waals surface area contributed by atoms with Crippen LogP contribution in [0.5, 0.6) is 0 Å². The van der Waals surface area contributed by atoms with E-state index in [1.54, 1.807) is 0 Å². The maximum absolute atomic E-state index is 10.8. The Hall–Kier alpha value is -6.10. The topological polar surface area (TPSA) is 73.9 Å². The molecule has 0 aliphatic carbocycles. The Morgan fingerprint density at radius 1 is 0.429 bits per heavy atom. The van der Waals surface area contributed by atoms with Gasteiger partial charge in [-0.05, 0) is 70.8 Å². The van der Waals surface area contributed by atoms with Crippen LogP contribution >= 0.6 is 0 Å². The van der Waals surface area contributed by atoms with Crippen molar-refractivity contribution in [3.8, 4) is 45.5 Å². The van der Waals surface area contributed by atoms with Crippen LogP contribution in [-0.4, -0.2) is 0 Å².